The second-order valence-corrected chi connectivity index (χ2v) is 4.51. The summed E-state index contributed by atoms with van der Waals surface area (Å²) in [6.45, 7) is 2.74. The monoisotopic (exact) mass is 286 g/mol. The highest BCUT2D eigenvalue weighted by molar-refractivity contribution is 5.81. The summed E-state index contributed by atoms with van der Waals surface area (Å²) in [5.41, 5.74) is 1.65. The summed E-state index contributed by atoms with van der Waals surface area (Å²) in [6, 6.07) is 13.0. The molecular weight excluding hydrogens is 268 g/mol. The van der Waals surface area contributed by atoms with Crippen LogP contribution in [0.15, 0.2) is 42.5 Å². The van der Waals surface area contributed by atoms with Crippen molar-refractivity contribution in [1.82, 2.24) is 0 Å². The molecule has 21 heavy (non-hydrogen) atoms. The number of aryl methyl sites for hydroxylation is 1. The van der Waals surface area contributed by atoms with E-state index in [9.17, 15) is 4.79 Å². The van der Waals surface area contributed by atoms with Crippen LogP contribution in [0, 0.1) is 6.92 Å². The molecular formula is C17H18O4. The number of methoxy groups -OCH3 is 1. The van der Waals surface area contributed by atoms with Crippen molar-refractivity contribution in [1.29, 1.82) is 0 Å². The Labute approximate surface area is 124 Å². The molecule has 0 radical (unpaired) electrons. The molecule has 0 saturated carbocycles. The van der Waals surface area contributed by atoms with Crippen LogP contribution in [-0.2, 0) is 0 Å². The van der Waals surface area contributed by atoms with Crippen LogP contribution in [0.4, 0.5) is 0 Å². The second kappa shape index (κ2) is 7.33. The maximum absolute atomic E-state index is 11.0. The van der Waals surface area contributed by atoms with Crippen LogP contribution in [0.2, 0.25) is 0 Å². The van der Waals surface area contributed by atoms with Crippen molar-refractivity contribution in [2.75, 3.05) is 20.3 Å². The van der Waals surface area contributed by atoms with E-state index < -0.39 is 0 Å². The Morgan fingerprint density at radius 1 is 1.00 bits per heavy atom. The lowest BCUT2D eigenvalue weighted by molar-refractivity contribution is 0.111. The summed E-state index contributed by atoms with van der Waals surface area (Å²) in [4.78, 5) is 11.0. The zero-order valence-electron chi connectivity index (χ0n) is 12.2. The smallest absolute Gasteiger partial charge is 0.171 e. The van der Waals surface area contributed by atoms with E-state index in [-0.39, 0.29) is 0 Å². The molecule has 0 aliphatic carbocycles. The van der Waals surface area contributed by atoms with Gasteiger partial charge in [-0.15, -0.1) is 0 Å². The molecule has 2 aromatic carbocycles. The fraction of sp³-hybridized carbons (Fsp3) is 0.235. The molecule has 4 heteroatoms. The number of carbonyl (C=O) groups is 1. The molecule has 0 heterocycles. The quantitative estimate of drug-likeness (QED) is 0.579. The summed E-state index contributed by atoms with van der Waals surface area (Å²) in [5.74, 6) is 1.78. The molecule has 0 N–H and O–H groups in total. The number of carbonyl (C=O) groups excluding carboxylic acids is 1. The van der Waals surface area contributed by atoms with Crippen LogP contribution in [-0.4, -0.2) is 26.6 Å². The number of ether oxygens (including phenoxy) is 3. The van der Waals surface area contributed by atoms with E-state index in [0.717, 1.165) is 12.0 Å². The van der Waals surface area contributed by atoms with Gasteiger partial charge in [0.15, 0.2) is 17.8 Å². The predicted octanol–water partition coefficient (Wildman–Crippen LogP) is 3.27. The predicted molar refractivity (Wildman–Crippen MR) is 80.6 cm³/mol. The van der Waals surface area contributed by atoms with Crippen molar-refractivity contribution < 1.29 is 19.0 Å². The van der Waals surface area contributed by atoms with E-state index in [4.69, 9.17) is 14.2 Å². The molecule has 2 aromatic rings. The molecule has 0 amide bonds. The molecule has 0 aliphatic heterocycles. The van der Waals surface area contributed by atoms with Gasteiger partial charge in [0.2, 0.25) is 0 Å². The van der Waals surface area contributed by atoms with Gasteiger partial charge in [-0.2, -0.15) is 0 Å². The van der Waals surface area contributed by atoms with E-state index >= 15 is 0 Å². The van der Waals surface area contributed by atoms with Crippen LogP contribution in [0.5, 0.6) is 17.2 Å². The standard InChI is InChI=1S/C17H18O4/c1-13-6-8-15(9-7-13)20-10-11-21-17-14(12-18)4-3-5-16(17)19-2/h3-9,12H,10-11H2,1-2H3. The SMILES string of the molecule is COc1cccc(C=O)c1OCCOc1ccc(C)cc1. The van der Waals surface area contributed by atoms with Gasteiger partial charge in [0.05, 0.1) is 12.7 Å². The molecule has 0 spiro atoms. The van der Waals surface area contributed by atoms with Crippen molar-refractivity contribution in [2.24, 2.45) is 0 Å². The molecule has 2 rings (SSSR count). The molecule has 0 unspecified atom stereocenters. The van der Waals surface area contributed by atoms with Crippen LogP contribution >= 0.6 is 0 Å². The maximum Gasteiger partial charge on any atom is 0.171 e. The summed E-state index contributed by atoms with van der Waals surface area (Å²) < 4.78 is 16.4. The second-order valence-electron chi connectivity index (χ2n) is 4.51. The van der Waals surface area contributed by atoms with E-state index in [0.29, 0.717) is 30.3 Å². The molecule has 0 fully saturated rings. The first-order valence-electron chi connectivity index (χ1n) is 6.69. The first-order chi connectivity index (χ1) is 10.2. The Balaban J connectivity index is 1.91. The van der Waals surface area contributed by atoms with Crippen LogP contribution in [0.25, 0.3) is 0 Å². The van der Waals surface area contributed by atoms with Crippen molar-refractivity contribution in [2.45, 2.75) is 6.92 Å². The Morgan fingerprint density at radius 3 is 2.38 bits per heavy atom. The van der Waals surface area contributed by atoms with E-state index in [1.54, 1.807) is 25.3 Å². The third kappa shape index (κ3) is 3.99. The Morgan fingerprint density at radius 2 is 1.71 bits per heavy atom. The summed E-state index contributed by atoms with van der Waals surface area (Å²) in [5, 5.41) is 0. The lowest BCUT2D eigenvalue weighted by atomic mass is 10.2. The Kier molecular flexibility index (Phi) is 5.21. The fourth-order valence-electron chi connectivity index (χ4n) is 1.88. The minimum absolute atomic E-state index is 0.328. The number of hydrogen-bond acceptors (Lipinski definition) is 4. The first-order valence-corrected chi connectivity index (χ1v) is 6.69. The Bertz CT molecular complexity index is 590. The van der Waals surface area contributed by atoms with Crippen LogP contribution in [0.3, 0.4) is 0 Å². The molecule has 0 aromatic heterocycles. The number of rotatable bonds is 7. The van der Waals surface area contributed by atoms with Gasteiger partial charge in [-0.3, -0.25) is 4.79 Å². The van der Waals surface area contributed by atoms with Crippen molar-refractivity contribution >= 4 is 6.29 Å². The summed E-state index contributed by atoms with van der Waals surface area (Å²) in [7, 11) is 1.54. The molecule has 0 saturated heterocycles. The largest absolute Gasteiger partial charge is 0.493 e. The van der Waals surface area contributed by atoms with Gasteiger partial charge >= 0.3 is 0 Å². The number of hydrogen-bond donors (Lipinski definition) is 0. The highest BCUT2D eigenvalue weighted by Gasteiger charge is 2.09. The van der Waals surface area contributed by atoms with Gasteiger partial charge in [0.1, 0.15) is 19.0 Å². The minimum atomic E-state index is 0.328. The van der Waals surface area contributed by atoms with Gasteiger partial charge in [-0.25, -0.2) is 0 Å². The van der Waals surface area contributed by atoms with Gasteiger partial charge in [-0.1, -0.05) is 23.8 Å². The number of aldehydes is 1. The number of para-hydroxylation sites is 1. The van der Waals surface area contributed by atoms with Gasteiger partial charge in [-0.05, 0) is 31.2 Å². The van der Waals surface area contributed by atoms with Crippen LogP contribution in [0.1, 0.15) is 15.9 Å². The van der Waals surface area contributed by atoms with Crippen molar-refractivity contribution in [3.63, 3.8) is 0 Å². The Hall–Kier alpha value is -2.49. The van der Waals surface area contributed by atoms with Crippen molar-refractivity contribution in [3.05, 3.63) is 53.6 Å². The number of benzene rings is 2. The average Bonchev–Trinajstić information content (AvgIpc) is 2.53. The molecule has 0 aliphatic rings. The van der Waals surface area contributed by atoms with E-state index in [2.05, 4.69) is 0 Å². The zero-order valence-corrected chi connectivity index (χ0v) is 12.2. The third-order valence-electron chi connectivity index (χ3n) is 2.98. The molecule has 110 valence electrons. The van der Waals surface area contributed by atoms with Crippen LogP contribution < -0.4 is 14.2 Å². The van der Waals surface area contributed by atoms with E-state index in [1.165, 1.54) is 5.56 Å². The van der Waals surface area contributed by atoms with Gasteiger partial charge in [0.25, 0.3) is 0 Å². The van der Waals surface area contributed by atoms with Gasteiger partial charge in [0, 0.05) is 0 Å². The highest BCUT2D eigenvalue weighted by Crippen LogP contribution is 2.29. The van der Waals surface area contributed by atoms with Gasteiger partial charge < -0.3 is 14.2 Å². The van der Waals surface area contributed by atoms with E-state index in [1.807, 2.05) is 31.2 Å². The normalized spacial score (nSPS) is 10.0. The first kappa shape index (κ1) is 14.9. The lowest BCUT2D eigenvalue weighted by Crippen LogP contribution is -2.10. The summed E-state index contributed by atoms with van der Waals surface area (Å²) >= 11 is 0. The highest BCUT2D eigenvalue weighted by atomic mass is 16.5. The average molecular weight is 286 g/mol. The fourth-order valence-corrected chi connectivity index (χ4v) is 1.88. The maximum atomic E-state index is 11.0. The zero-order chi connectivity index (χ0) is 15.1. The lowest BCUT2D eigenvalue weighted by Gasteiger charge is -2.13. The molecule has 0 atom stereocenters. The minimum Gasteiger partial charge on any atom is -0.493 e. The topological polar surface area (TPSA) is 44.8 Å². The third-order valence-corrected chi connectivity index (χ3v) is 2.98. The molecule has 0 bridgehead atoms. The molecule has 4 nitrogen and oxygen atoms in total. The summed E-state index contributed by atoms with van der Waals surface area (Å²) in [6.07, 6.45) is 0.749. The van der Waals surface area contributed by atoms with Crippen molar-refractivity contribution in [3.8, 4) is 17.2 Å².